The van der Waals surface area contributed by atoms with Crippen LogP contribution in [0.2, 0.25) is 0 Å². The Bertz CT molecular complexity index is 646. The fraction of sp³-hybridized carbons (Fsp3) is 0.133. The lowest BCUT2D eigenvalue weighted by molar-refractivity contribution is 0.174. The summed E-state index contributed by atoms with van der Waals surface area (Å²) in [5.74, 6) is 2.18. The van der Waals surface area contributed by atoms with Gasteiger partial charge < -0.3 is 14.2 Å². The van der Waals surface area contributed by atoms with Gasteiger partial charge in [0.25, 0.3) is 0 Å². The average molecular weight is 253 g/mol. The van der Waals surface area contributed by atoms with Gasteiger partial charge in [-0.2, -0.15) is 5.26 Å². The van der Waals surface area contributed by atoms with Gasteiger partial charge in [0.1, 0.15) is 12.4 Å². The second-order valence-electron chi connectivity index (χ2n) is 4.12. The standard InChI is InChI=1S/C15H11NO3/c16-8-11-2-1-3-13(6-11)17-9-12-4-5-14-15(7-12)19-10-18-14/h1-7H,9-10H2. The Kier molecular flexibility index (Phi) is 2.95. The first kappa shape index (κ1) is 11.4. The summed E-state index contributed by atoms with van der Waals surface area (Å²) >= 11 is 0. The van der Waals surface area contributed by atoms with Crippen LogP contribution >= 0.6 is 0 Å². The molecule has 0 bridgehead atoms. The third-order valence-electron chi connectivity index (χ3n) is 2.81. The molecule has 0 spiro atoms. The number of fused-ring (bicyclic) bond motifs is 1. The quantitative estimate of drug-likeness (QED) is 0.844. The van der Waals surface area contributed by atoms with Crippen LogP contribution in [0.3, 0.4) is 0 Å². The van der Waals surface area contributed by atoms with E-state index >= 15 is 0 Å². The first-order chi connectivity index (χ1) is 9.35. The predicted molar refractivity (Wildman–Crippen MR) is 68.1 cm³/mol. The summed E-state index contributed by atoms with van der Waals surface area (Å²) in [5.41, 5.74) is 1.58. The van der Waals surface area contributed by atoms with Crippen molar-refractivity contribution in [2.45, 2.75) is 6.61 Å². The van der Waals surface area contributed by atoms with Gasteiger partial charge in [-0.1, -0.05) is 12.1 Å². The number of nitriles is 1. The molecule has 0 amide bonds. The van der Waals surface area contributed by atoms with Gasteiger partial charge >= 0.3 is 0 Å². The minimum atomic E-state index is 0.268. The van der Waals surface area contributed by atoms with Crippen molar-refractivity contribution in [1.82, 2.24) is 0 Å². The zero-order chi connectivity index (χ0) is 13.1. The lowest BCUT2D eigenvalue weighted by Crippen LogP contribution is -1.95. The highest BCUT2D eigenvalue weighted by molar-refractivity contribution is 5.44. The molecule has 94 valence electrons. The van der Waals surface area contributed by atoms with Crippen LogP contribution in [0.25, 0.3) is 0 Å². The molecule has 0 fully saturated rings. The van der Waals surface area contributed by atoms with E-state index in [2.05, 4.69) is 6.07 Å². The van der Waals surface area contributed by atoms with Crippen LogP contribution in [0.5, 0.6) is 17.2 Å². The maximum Gasteiger partial charge on any atom is 0.231 e. The van der Waals surface area contributed by atoms with Crippen molar-refractivity contribution < 1.29 is 14.2 Å². The molecule has 1 aliphatic heterocycles. The van der Waals surface area contributed by atoms with E-state index < -0.39 is 0 Å². The summed E-state index contributed by atoms with van der Waals surface area (Å²) in [6, 6.07) is 14.9. The second kappa shape index (κ2) is 4.91. The fourth-order valence-electron chi connectivity index (χ4n) is 1.85. The Morgan fingerprint density at radius 3 is 2.89 bits per heavy atom. The van der Waals surface area contributed by atoms with E-state index in [1.54, 1.807) is 18.2 Å². The molecule has 1 heterocycles. The maximum atomic E-state index is 8.82. The Morgan fingerprint density at radius 2 is 2.00 bits per heavy atom. The van der Waals surface area contributed by atoms with Crippen molar-refractivity contribution in [1.29, 1.82) is 5.26 Å². The highest BCUT2D eigenvalue weighted by Crippen LogP contribution is 2.32. The number of ether oxygens (including phenoxy) is 3. The summed E-state index contributed by atoms with van der Waals surface area (Å²) in [6.45, 7) is 0.690. The van der Waals surface area contributed by atoms with E-state index in [0.717, 1.165) is 17.1 Å². The first-order valence-corrected chi connectivity index (χ1v) is 5.86. The largest absolute Gasteiger partial charge is 0.489 e. The fourth-order valence-corrected chi connectivity index (χ4v) is 1.85. The van der Waals surface area contributed by atoms with E-state index in [4.69, 9.17) is 19.5 Å². The van der Waals surface area contributed by atoms with Crippen LogP contribution in [0, 0.1) is 11.3 Å². The number of nitrogens with zero attached hydrogens (tertiary/aromatic N) is 1. The van der Waals surface area contributed by atoms with Gasteiger partial charge in [-0.25, -0.2) is 0 Å². The molecule has 0 atom stereocenters. The van der Waals surface area contributed by atoms with Gasteiger partial charge in [0, 0.05) is 0 Å². The van der Waals surface area contributed by atoms with Gasteiger partial charge in [-0.3, -0.25) is 0 Å². The number of rotatable bonds is 3. The highest BCUT2D eigenvalue weighted by Gasteiger charge is 2.13. The van der Waals surface area contributed by atoms with E-state index in [-0.39, 0.29) is 6.79 Å². The molecule has 0 radical (unpaired) electrons. The number of benzene rings is 2. The molecule has 0 saturated heterocycles. The maximum absolute atomic E-state index is 8.82. The van der Waals surface area contributed by atoms with Crippen molar-refractivity contribution in [3.63, 3.8) is 0 Å². The highest BCUT2D eigenvalue weighted by atomic mass is 16.7. The molecule has 1 aliphatic rings. The van der Waals surface area contributed by atoms with Crippen LogP contribution in [-0.4, -0.2) is 6.79 Å². The van der Waals surface area contributed by atoms with Crippen molar-refractivity contribution >= 4 is 0 Å². The van der Waals surface area contributed by atoms with Crippen molar-refractivity contribution in [3.05, 3.63) is 53.6 Å². The SMILES string of the molecule is N#Cc1cccc(OCc2ccc3c(c2)OCO3)c1. The van der Waals surface area contributed by atoms with Gasteiger partial charge in [0.15, 0.2) is 11.5 Å². The van der Waals surface area contributed by atoms with Crippen molar-refractivity contribution in [3.8, 4) is 23.3 Å². The van der Waals surface area contributed by atoms with E-state index in [0.29, 0.717) is 17.9 Å². The summed E-state index contributed by atoms with van der Waals surface area (Å²) in [4.78, 5) is 0. The van der Waals surface area contributed by atoms with Crippen LogP contribution < -0.4 is 14.2 Å². The molecular formula is C15H11NO3. The third-order valence-corrected chi connectivity index (χ3v) is 2.81. The summed E-state index contributed by atoms with van der Waals surface area (Å²) in [7, 11) is 0. The van der Waals surface area contributed by atoms with Crippen LogP contribution in [0.15, 0.2) is 42.5 Å². The van der Waals surface area contributed by atoms with E-state index in [9.17, 15) is 0 Å². The molecule has 4 nitrogen and oxygen atoms in total. The lowest BCUT2D eigenvalue weighted by atomic mass is 10.2. The lowest BCUT2D eigenvalue weighted by Gasteiger charge is -2.07. The minimum absolute atomic E-state index is 0.268. The third kappa shape index (κ3) is 2.45. The molecule has 0 unspecified atom stereocenters. The molecule has 0 N–H and O–H groups in total. The van der Waals surface area contributed by atoms with E-state index in [1.807, 2.05) is 24.3 Å². The Labute approximate surface area is 110 Å². The minimum Gasteiger partial charge on any atom is -0.489 e. The van der Waals surface area contributed by atoms with Gasteiger partial charge in [0.2, 0.25) is 6.79 Å². The summed E-state index contributed by atoms with van der Waals surface area (Å²) in [6.07, 6.45) is 0. The zero-order valence-corrected chi connectivity index (χ0v) is 10.1. The monoisotopic (exact) mass is 253 g/mol. The normalized spacial score (nSPS) is 11.9. The van der Waals surface area contributed by atoms with Gasteiger partial charge in [0.05, 0.1) is 11.6 Å². The number of hydrogen-bond donors (Lipinski definition) is 0. The first-order valence-electron chi connectivity index (χ1n) is 5.86. The average Bonchev–Trinajstić information content (AvgIpc) is 2.93. The predicted octanol–water partition coefficient (Wildman–Crippen LogP) is 2.87. The van der Waals surface area contributed by atoms with Crippen molar-refractivity contribution in [2.24, 2.45) is 0 Å². The topological polar surface area (TPSA) is 51.5 Å². The molecule has 2 aromatic carbocycles. The van der Waals surface area contributed by atoms with Crippen molar-refractivity contribution in [2.75, 3.05) is 6.79 Å². The molecule has 4 heteroatoms. The smallest absolute Gasteiger partial charge is 0.231 e. The second-order valence-corrected chi connectivity index (χ2v) is 4.12. The Morgan fingerprint density at radius 1 is 1.11 bits per heavy atom. The molecular weight excluding hydrogens is 242 g/mol. The van der Waals surface area contributed by atoms with Crippen LogP contribution in [0.1, 0.15) is 11.1 Å². The molecule has 0 aromatic heterocycles. The van der Waals surface area contributed by atoms with E-state index in [1.165, 1.54) is 0 Å². The van der Waals surface area contributed by atoms with Crippen LogP contribution in [-0.2, 0) is 6.61 Å². The summed E-state index contributed by atoms with van der Waals surface area (Å²) in [5, 5.41) is 8.82. The Balaban J connectivity index is 1.70. The van der Waals surface area contributed by atoms with Crippen LogP contribution in [0.4, 0.5) is 0 Å². The number of hydrogen-bond acceptors (Lipinski definition) is 4. The molecule has 3 rings (SSSR count). The molecule has 2 aromatic rings. The zero-order valence-electron chi connectivity index (χ0n) is 10.1. The molecule has 0 saturated carbocycles. The van der Waals surface area contributed by atoms with Gasteiger partial charge in [-0.05, 0) is 35.9 Å². The molecule has 19 heavy (non-hydrogen) atoms. The Hall–Kier alpha value is -2.67. The van der Waals surface area contributed by atoms with Gasteiger partial charge in [-0.15, -0.1) is 0 Å². The molecule has 0 aliphatic carbocycles. The summed E-state index contributed by atoms with van der Waals surface area (Å²) < 4.78 is 16.2.